The van der Waals surface area contributed by atoms with Gasteiger partial charge in [0.2, 0.25) is 0 Å². The Bertz CT molecular complexity index is 765. The van der Waals surface area contributed by atoms with Crippen LogP contribution in [-0.2, 0) is 27.1 Å². The highest BCUT2D eigenvalue weighted by atomic mass is 19.4. The van der Waals surface area contributed by atoms with Crippen molar-refractivity contribution in [2.75, 3.05) is 0 Å². The summed E-state index contributed by atoms with van der Waals surface area (Å²) >= 11 is 0. The number of halogens is 3. The lowest BCUT2D eigenvalue weighted by Gasteiger charge is -2.09. The lowest BCUT2D eigenvalue weighted by molar-refractivity contribution is -0.146. The summed E-state index contributed by atoms with van der Waals surface area (Å²) in [5.41, 5.74) is -0.204. The molecule has 0 heterocycles. The highest BCUT2D eigenvalue weighted by Gasteiger charge is 2.32. The van der Waals surface area contributed by atoms with Crippen LogP contribution in [0.1, 0.15) is 23.1 Å². The first-order chi connectivity index (χ1) is 11.9. The lowest BCUT2D eigenvalue weighted by atomic mass is 10.1. The summed E-state index contributed by atoms with van der Waals surface area (Å²) in [5, 5.41) is 0. The van der Waals surface area contributed by atoms with Crippen molar-refractivity contribution in [3.05, 3.63) is 77.4 Å². The lowest BCUT2D eigenvalue weighted by Crippen LogP contribution is -2.10. The molecule has 0 spiro atoms. The van der Waals surface area contributed by atoms with E-state index < -0.39 is 29.9 Å². The third-order valence-electron chi connectivity index (χ3n) is 3.28. The number of benzene rings is 2. The van der Waals surface area contributed by atoms with Crippen LogP contribution >= 0.6 is 0 Å². The van der Waals surface area contributed by atoms with E-state index in [1.807, 2.05) is 6.07 Å². The minimum Gasteiger partial charge on any atom is -0.460 e. The Kier molecular flexibility index (Phi) is 6.11. The molecule has 0 aliphatic heterocycles. The van der Waals surface area contributed by atoms with Crippen molar-refractivity contribution in [1.29, 1.82) is 0 Å². The number of hydrogen-bond donors (Lipinski definition) is 0. The highest BCUT2D eigenvalue weighted by Crippen LogP contribution is 2.32. The summed E-state index contributed by atoms with van der Waals surface area (Å²) in [6, 6.07) is 13.8. The van der Waals surface area contributed by atoms with Crippen LogP contribution in [-0.4, -0.2) is 11.8 Å². The molecule has 0 aliphatic rings. The topological polar surface area (TPSA) is 43.4 Å². The molecule has 0 aliphatic carbocycles. The van der Waals surface area contributed by atoms with Crippen LogP contribution in [0.25, 0.3) is 6.08 Å². The Hall–Kier alpha value is -2.89. The molecule has 0 aromatic heterocycles. The van der Waals surface area contributed by atoms with Crippen LogP contribution < -0.4 is 0 Å². The average molecular weight is 348 g/mol. The zero-order chi connectivity index (χ0) is 18.3. The number of alkyl halides is 3. The maximum atomic E-state index is 12.9. The van der Waals surface area contributed by atoms with Crippen LogP contribution in [0.2, 0.25) is 0 Å². The molecular weight excluding hydrogens is 333 g/mol. The van der Waals surface area contributed by atoms with Gasteiger partial charge >= 0.3 is 12.1 Å². The Labute approximate surface area is 142 Å². The van der Waals surface area contributed by atoms with Gasteiger partial charge in [0.1, 0.15) is 13.0 Å². The first-order valence-electron chi connectivity index (χ1n) is 7.43. The number of allylic oxidation sites excluding steroid dienone is 1. The van der Waals surface area contributed by atoms with E-state index in [9.17, 15) is 22.8 Å². The number of hydrogen-bond acceptors (Lipinski definition) is 3. The third-order valence-corrected chi connectivity index (χ3v) is 3.28. The van der Waals surface area contributed by atoms with Gasteiger partial charge in [-0.05, 0) is 23.3 Å². The van der Waals surface area contributed by atoms with E-state index in [0.29, 0.717) is 0 Å². The molecule has 0 atom stereocenters. The van der Waals surface area contributed by atoms with Gasteiger partial charge in [-0.3, -0.25) is 9.59 Å². The van der Waals surface area contributed by atoms with Gasteiger partial charge in [0.05, 0.1) is 5.56 Å². The van der Waals surface area contributed by atoms with Crippen molar-refractivity contribution < 1.29 is 27.5 Å². The Morgan fingerprint density at radius 3 is 2.28 bits per heavy atom. The summed E-state index contributed by atoms with van der Waals surface area (Å²) in [5.74, 6) is -1.36. The van der Waals surface area contributed by atoms with Gasteiger partial charge in [0.25, 0.3) is 0 Å². The number of ketones is 1. The van der Waals surface area contributed by atoms with Crippen LogP contribution in [0.3, 0.4) is 0 Å². The Morgan fingerprint density at radius 1 is 0.960 bits per heavy atom. The number of esters is 1. The normalized spacial score (nSPS) is 11.5. The largest absolute Gasteiger partial charge is 0.460 e. The molecule has 6 heteroatoms. The zero-order valence-corrected chi connectivity index (χ0v) is 13.1. The number of ether oxygens (including phenoxy) is 1. The van der Waals surface area contributed by atoms with Gasteiger partial charge in [0, 0.05) is 0 Å². The summed E-state index contributed by atoms with van der Waals surface area (Å²) in [6.07, 6.45) is -3.04. The molecule has 0 saturated carbocycles. The molecular formula is C19H15F3O3. The Balaban J connectivity index is 1.92. The first-order valence-corrected chi connectivity index (χ1v) is 7.43. The molecule has 0 bridgehead atoms. The second-order valence-corrected chi connectivity index (χ2v) is 5.21. The van der Waals surface area contributed by atoms with E-state index in [4.69, 9.17) is 4.74 Å². The Morgan fingerprint density at radius 2 is 1.60 bits per heavy atom. The van der Waals surface area contributed by atoms with Gasteiger partial charge in [-0.1, -0.05) is 54.6 Å². The molecule has 0 saturated heterocycles. The molecule has 25 heavy (non-hydrogen) atoms. The quantitative estimate of drug-likeness (QED) is 0.441. The van der Waals surface area contributed by atoms with Crippen molar-refractivity contribution >= 4 is 17.8 Å². The van der Waals surface area contributed by atoms with Crippen molar-refractivity contribution in [3.8, 4) is 0 Å². The molecule has 0 N–H and O–H groups in total. The second kappa shape index (κ2) is 8.28. The van der Waals surface area contributed by atoms with E-state index in [2.05, 4.69) is 0 Å². The summed E-state index contributed by atoms with van der Waals surface area (Å²) < 4.78 is 43.5. The van der Waals surface area contributed by atoms with Crippen molar-refractivity contribution in [2.24, 2.45) is 0 Å². The maximum Gasteiger partial charge on any atom is 0.416 e. The predicted octanol–water partition coefficient (Wildman–Crippen LogP) is 4.42. The van der Waals surface area contributed by atoms with Gasteiger partial charge in [-0.15, -0.1) is 0 Å². The van der Waals surface area contributed by atoms with E-state index in [-0.39, 0.29) is 12.2 Å². The molecule has 2 aromatic rings. The molecule has 0 radical (unpaired) electrons. The summed E-state index contributed by atoms with van der Waals surface area (Å²) in [4.78, 5) is 23.3. The summed E-state index contributed by atoms with van der Waals surface area (Å²) in [7, 11) is 0. The van der Waals surface area contributed by atoms with Crippen LogP contribution in [0.5, 0.6) is 0 Å². The molecule has 3 nitrogen and oxygen atoms in total. The minimum absolute atomic E-state index is 0.0353. The number of rotatable bonds is 6. The monoisotopic (exact) mass is 348 g/mol. The number of carbonyl (C=O) groups is 2. The van der Waals surface area contributed by atoms with E-state index in [1.165, 1.54) is 18.2 Å². The summed E-state index contributed by atoms with van der Waals surface area (Å²) in [6.45, 7) is 0.0353. The predicted molar refractivity (Wildman–Crippen MR) is 86.3 cm³/mol. The van der Waals surface area contributed by atoms with E-state index in [0.717, 1.165) is 23.8 Å². The average Bonchev–Trinajstić information content (AvgIpc) is 2.58. The third kappa shape index (κ3) is 5.91. The molecule has 130 valence electrons. The first kappa shape index (κ1) is 18.4. The van der Waals surface area contributed by atoms with Crippen LogP contribution in [0, 0.1) is 0 Å². The van der Waals surface area contributed by atoms with Crippen molar-refractivity contribution in [3.63, 3.8) is 0 Å². The molecule has 2 aromatic carbocycles. The second-order valence-electron chi connectivity index (χ2n) is 5.21. The molecule has 0 amide bonds. The fraction of sp³-hybridized carbons (Fsp3) is 0.158. The molecule has 2 rings (SSSR count). The van der Waals surface area contributed by atoms with Crippen LogP contribution in [0.15, 0.2) is 60.7 Å². The van der Waals surface area contributed by atoms with Crippen molar-refractivity contribution in [2.45, 2.75) is 19.2 Å². The number of carbonyl (C=O) groups excluding carboxylic acids is 2. The smallest absolute Gasteiger partial charge is 0.416 e. The zero-order valence-electron chi connectivity index (χ0n) is 13.1. The van der Waals surface area contributed by atoms with Crippen LogP contribution in [0.4, 0.5) is 13.2 Å². The van der Waals surface area contributed by atoms with Gasteiger partial charge < -0.3 is 4.74 Å². The van der Waals surface area contributed by atoms with E-state index >= 15 is 0 Å². The molecule has 0 fully saturated rings. The SMILES string of the molecule is O=C(C=Cc1ccccc1C(F)(F)F)CC(=O)OCc1ccccc1. The van der Waals surface area contributed by atoms with Crippen molar-refractivity contribution in [1.82, 2.24) is 0 Å². The fourth-order valence-corrected chi connectivity index (χ4v) is 2.07. The van der Waals surface area contributed by atoms with Gasteiger partial charge in [-0.2, -0.15) is 13.2 Å². The van der Waals surface area contributed by atoms with E-state index in [1.54, 1.807) is 24.3 Å². The fourth-order valence-electron chi connectivity index (χ4n) is 2.07. The van der Waals surface area contributed by atoms with Gasteiger partial charge in [-0.25, -0.2) is 0 Å². The van der Waals surface area contributed by atoms with Gasteiger partial charge in [0.15, 0.2) is 5.78 Å². The standard InChI is InChI=1S/C19H15F3O3/c20-19(21,22)17-9-5-4-8-15(17)10-11-16(23)12-18(24)25-13-14-6-2-1-3-7-14/h1-11H,12-13H2. The minimum atomic E-state index is -4.52. The molecule has 0 unspecified atom stereocenters. The highest BCUT2D eigenvalue weighted by molar-refractivity contribution is 6.04. The maximum absolute atomic E-state index is 12.9.